The minimum absolute atomic E-state index is 0.0129. The maximum absolute atomic E-state index is 11.0. The van der Waals surface area contributed by atoms with Crippen LogP contribution in [0.1, 0.15) is 29.8 Å². The summed E-state index contributed by atoms with van der Waals surface area (Å²) in [7, 11) is -3.37. The average Bonchev–Trinajstić information content (AvgIpc) is 2.29. The first-order chi connectivity index (χ1) is 8.80. The lowest BCUT2D eigenvalue weighted by molar-refractivity contribution is 0.101. The fourth-order valence-corrected chi connectivity index (χ4v) is 1.60. The quantitative estimate of drug-likeness (QED) is 0.654. The number of carbonyl (C=O) groups is 1. The van der Waals surface area contributed by atoms with Gasteiger partial charge in [-0.1, -0.05) is 24.3 Å². The van der Waals surface area contributed by atoms with Gasteiger partial charge in [0.2, 0.25) is 0 Å². The van der Waals surface area contributed by atoms with Crippen molar-refractivity contribution in [2.24, 2.45) is 0 Å². The summed E-state index contributed by atoms with van der Waals surface area (Å²) >= 11 is 0. The zero-order valence-corrected chi connectivity index (χ0v) is 12.2. The second kappa shape index (κ2) is 8.79. The van der Waals surface area contributed by atoms with E-state index in [1.165, 1.54) is 6.92 Å². The molecule has 0 heterocycles. The number of rotatable bonds is 5. The number of benzene rings is 1. The van der Waals surface area contributed by atoms with Crippen molar-refractivity contribution in [3.05, 3.63) is 35.4 Å². The van der Waals surface area contributed by atoms with E-state index in [-0.39, 0.29) is 19.0 Å². The zero-order valence-electron chi connectivity index (χ0n) is 11.4. The summed E-state index contributed by atoms with van der Waals surface area (Å²) < 4.78 is 26.0. The molecule has 1 aromatic carbocycles. The number of carbonyl (C=O) groups excluding carboxylic acids is 1. The molecule has 0 spiro atoms. The highest BCUT2D eigenvalue weighted by molar-refractivity contribution is 7.85. The second-order valence-electron chi connectivity index (χ2n) is 3.85. The van der Waals surface area contributed by atoms with Crippen molar-refractivity contribution in [3.8, 4) is 0 Å². The van der Waals surface area contributed by atoms with Crippen molar-refractivity contribution in [3.63, 3.8) is 0 Å². The van der Waals surface area contributed by atoms with Crippen LogP contribution in [0, 0.1) is 0 Å². The molecule has 0 aromatic heterocycles. The summed E-state index contributed by atoms with van der Waals surface area (Å²) in [5.41, 5.74) is 1.58. The Balaban J connectivity index is 0.000000982. The van der Waals surface area contributed by atoms with Gasteiger partial charge in [0.05, 0.1) is 12.9 Å². The second-order valence-corrected chi connectivity index (χ2v) is 5.49. The minimum Gasteiger partial charge on any atom is -0.397 e. The highest BCUT2D eigenvalue weighted by Crippen LogP contribution is 2.06. The van der Waals surface area contributed by atoms with Gasteiger partial charge < -0.3 is 5.11 Å². The molecular weight excluding hydrogens is 268 g/mol. The number of aliphatic hydroxyl groups excluding tert-OH is 1. The number of aliphatic hydroxyl groups is 1. The monoisotopic (exact) mass is 288 g/mol. The van der Waals surface area contributed by atoms with E-state index in [1.807, 2.05) is 0 Å². The maximum atomic E-state index is 11.0. The smallest absolute Gasteiger partial charge is 0.264 e. The molecule has 0 amide bonds. The van der Waals surface area contributed by atoms with Crippen LogP contribution in [0.2, 0.25) is 0 Å². The third-order valence-electron chi connectivity index (χ3n) is 2.05. The standard InChI is InChI=1S/C11H14O4S.C2H6O/c1-9(12)11-5-3-10(4-6-11)7-8-15-16(2,13)14;1-2-3/h3-6H,7-8H2,1-2H3;3H,2H2,1H3. The summed E-state index contributed by atoms with van der Waals surface area (Å²) in [5.74, 6) is 0.0129. The van der Waals surface area contributed by atoms with Crippen LogP contribution in [0.5, 0.6) is 0 Å². The van der Waals surface area contributed by atoms with Crippen LogP contribution in [0.25, 0.3) is 0 Å². The van der Waals surface area contributed by atoms with Crippen LogP contribution in [-0.4, -0.2) is 38.8 Å². The van der Waals surface area contributed by atoms with Crippen molar-refractivity contribution < 1.29 is 22.5 Å². The Morgan fingerprint density at radius 3 is 2.11 bits per heavy atom. The Morgan fingerprint density at radius 1 is 1.26 bits per heavy atom. The lowest BCUT2D eigenvalue weighted by Gasteiger charge is -2.02. The van der Waals surface area contributed by atoms with Crippen LogP contribution in [-0.2, 0) is 20.7 Å². The average molecular weight is 288 g/mol. The van der Waals surface area contributed by atoms with E-state index in [1.54, 1.807) is 31.2 Å². The largest absolute Gasteiger partial charge is 0.397 e. The normalized spacial score (nSPS) is 10.5. The van der Waals surface area contributed by atoms with Crippen molar-refractivity contribution in [2.45, 2.75) is 20.3 Å². The summed E-state index contributed by atoms with van der Waals surface area (Å²) in [5, 5.41) is 7.57. The Hall–Kier alpha value is -1.24. The molecule has 5 nitrogen and oxygen atoms in total. The van der Waals surface area contributed by atoms with Crippen molar-refractivity contribution >= 4 is 15.9 Å². The van der Waals surface area contributed by atoms with E-state index < -0.39 is 10.1 Å². The van der Waals surface area contributed by atoms with Crippen LogP contribution < -0.4 is 0 Å². The van der Waals surface area contributed by atoms with Gasteiger partial charge >= 0.3 is 0 Å². The van der Waals surface area contributed by atoms with E-state index >= 15 is 0 Å². The number of Topliss-reactive ketones (excluding diaryl/α,β-unsaturated/α-hetero) is 1. The predicted molar refractivity (Wildman–Crippen MR) is 73.7 cm³/mol. The molecule has 0 fully saturated rings. The van der Waals surface area contributed by atoms with Gasteiger partial charge in [-0.05, 0) is 25.8 Å². The third kappa shape index (κ3) is 9.35. The Kier molecular flexibility index (Phi) is 8.22. The van der Waals surface area contributed by atoms with Gasteiger partial charge in [-0.25, -0.2) is 0 Å². The molecule has 1 N–H and O–H groups in total. The zero-order chi connectivity index (χ0) is 14.9. The molecule has 0 radical (unpaired) electrons. The summed E-state index contributed by atoms with van der Waals surface area (Å²) in [6.07, 6.45) is 1.52. The molecule has 0 aliphatic heterocycles. The first-order valence-electron chi connectivity index (χ1n) is 5.85. The van der Waals surface area contributed by atoms with E-state index in [4.69, 9.17) is 5.11 Å². The maximum Gasteiger partial charge on any atom is 0.264 e. The molecule has 0 aliphatic carbocycles. The molecule has 0 aliphatic rings. The minimum atomic E-state index is -3.37. The van der Waals surface area contributed by atoms with Gasteiger partial charge in [-0.15, -0.1) is 0 Å². The fourth-order valence-electron chi connectivity index (χ4n) is 1.22. The molecule has 19 heavy (non-hydrogen) atoms. The molecular formula is C13H20O5S. The molecule has 1 aromatic rings. The number of hydrogen-bond acceptors (Lipinski definition) is 5. The van der Waals surface area contributed by atoms with Crippen LogP contribution in [0.15, 0.2) is 24.3 Å². The molecule has 6 heteroatoms. The van der Waals surface area contributed by atoms with Crippen molar-refractivity contribution in [1.29, 1.82) is 0 Å². The molecule has 0 saturated carbocycles. The van der Waals surface area contributed by atoms with Gasteiger partial charge in [0.15, 0.2) is 5.78 Å². The Bertz CT molecular complexity index is 476. The van der Waals surface area contributed by atoms with Gasteiger partial charge in [0, 0.05) is 12.2 Å². The van der Waals surface area contributed by atoms with Crippen LogP contribution in [0.4, 0.5) is 0 Å². The molecule has 108 valence electrons. The fraction of sp³-hybridized carbons (Fsp3) is 0.462. The summed E-state index contributed by atoms with van der Waals surface area (Å²) in [4.78, 5) is 11.0. The van der Waals surface area contributed by atoms with Crippen molar-refractivity contribution in [1.82, 2.24) is 0 Å². The first-order valence-corrected chi connectivity index (χ1v) is 7.67. The van der Waals surface area contributed by atoms with Gasteiger partial charge in [-0.3, -0.25) is 8.98 Å². The first kappa shape index (κ1) is 17.8. The number of ketones is 1. The number of hydrogen-bond donors (Lipinski definition) is 1. The predicted octanol–water partition coefficient (Wildman–Crippen LogP) is 1.41. The third-order valence-corrected chi connectivity index (χ3v) is 2.64. The molecule has 0 bridgehead atoms. The summed E-state index contributed by atoms with van der Waals surface area (Å²) in [6.45, 7) is 3.56. The lowest BCUT2D eigenvalue weighted by atomic mass is 10.1. The van der Waals surface area contributed by atoms with Crippen LogP contribution >= 0.6 is 0 Å². The van der Waals surface area contributed by atoms with Gasteiger partial charge in [0.25, 0.3) is 10.1 Å². The van der Waals surface area contributed by atoms with E-state index in [0.29, 0.717) is 12.0 Å². The molecule has 0 saturated heterocycles. The van der Waals surface area contributed by atoms with E-state index in [0.717, 1.165) is 11.8 Å². The molecule has 1 rings (SSSR count). The summed E-state index contributed by atoms with van der Waals surface area (Å²) in [6, 6.07) is 7.03. The van der Waals surface area contributed by atoms with Gasteiger partial charge in [-0.2, -0.15) is 8.42 Å². The molecule has 0 atom stereocenters. The van der Waals surface area contributed by atoms with Crippen LogP contribution in [0.3, 0.4) is 0 Å². The lowest BCUT2D eigenvalue weighted by Crippen LogP contribution is -2.06. The Morgan fingerprint density at radius 2 is 1.74 bits per heavy atom. The molecule has 0 unspecified atom stereocenters. The SMILES string of the molecule is CC(=O)c1ccc(CCOS(C)(=O)=O)cc1.CCO. The highest BCUT2D eigenvalue weighted by atomic mass is 32.2. The highest BCUT2D eigenvalue weighted by Gasteiger charge is 2.02. The van der Waals surface area contributed by atoms with E-state index in [2.05, 4.69) is 4.18 Å². The van der Waals surface area contributed by atoms with Gasteiger partial charge in [0.1, 0.15) is 0 Å². The topological polar surface area (TPSA) is 80.7 Å². The van der Waals surface area contributed by atoms with Crippen molar-refractivity contribution in [2.75, 3.05) is 19.5 Å². The Labute approximate surface area is 114 Å². The van der Waals surface area contributed by atoms with E-state index in [9.17, 15) is 13.2 Å².